The lowest BCUT2D eigenvalue weighted by atomic mass is 9.69. The Kier molecular flexibility index (Phi) is 2.59. The van der Waals surface area contributed by atoms with Crippen molar-refractivity contribution in [1.82, 2.24) is 0 Å². The summed E-state index contributed by atoms with van der Waals surface area (Å²) in [4.78, 5) is 0. The molecule has 1 unspecified atom stereocenters. The second-order valence-electron chi connectivity index (χ2n) is 7.65. The summed E-state index contributed by atoms with van der Waals surface area (Å²) >= 11 is 0. The van der Waals surface area contributed by atoms with Crippen LogP contribution in [0.25, 0.3) is 0 Å². The molecule has 1 nitrogen and oxygen atoms in total. The Labute approximate surface area is 117 Å². The Morgan fingerprint density at radius 3 is 2.32 bits per heavy atom. The minimum absolute atomic E-state index is 0.367. The molecule has 0 spiro atoms. The maximum atomic E-state index is 10.4. The minimum Gasteiger partial charge on any atom is -0.508 e. The highest BCUT2D eigenvalue weighted by Gasteiger charge is 2.61. The standard InChI is InChI=1S/C18H26O/c1-11-8-12(2)16(15(19)9-11)14-10-17(4)6-7-18(14,5)13(17)3/h8-9,13-14,19H,6-7,10H2,1-5H3/t13?,14-,17+,18+/m0/s1. The van der Waals surface area contributed by atoms with Gasteiger partial charge in [0.15, 0.2) is 0 Å². The van der Waals surface area contributed by atoms with E-state index in [9.17, 15) is 5.11 Å². The van der Waals surface area contributed by atoms with Gasteiger partial charge in [0.25, 0.3) is 0 Å². The van der Waals surface area contributed by atoms with Gasteiger partial charge in [-0.15, -0.1) is 0 Å². The van der Waals surface area contributed by atoms with Crippen LogP contribution in [0.5, 0.6) is 5.75 Å². The van der Waals surface area contributed by atoms with E-state index in [2.05, 4.69) is 40.7 Å². The van der Waals surface area contributed by atoms with Gasteiger partial charge in [0.05, 0.1) is 0 Å². The first-order chi connectivity index (χ1) is 8.78. The van der Waals surface area contributed by atoms with E-state index in [4.69, 9.17) is 0 Å². The smallest absolute Gasteiger partial charge is 0.119 e. The fraction of sp³-hybridized carbons (Fsp3) is 0.667. The van der Waals surface area contributed by atoms with Crippen molar-refractivity contribution in [3.05, 3.63) is 28.8 Å². The number of phenols is 1. The van der Waals surface area contributed by atoms with Gasteiger partial charge in [-0.1, -0.05) is 26.8 Å². The molecule has 3 rings (SSSR count). The summed E-state index contributed by atoms with van der Waals surface area (Å²) in [5, 5.41) is 10.4. The highest BCUT2D eigenvalue weighted by molar-refractivity contribution is 5.46. The number of aryl methyl sites for hydroxylation is 2. The number of benzene rings is 1. The summed E-state index contributed by atoms with van der Waals surface area (Å²) in [7, 11) is 0. The number of hydrogen-bond donors (Lipinski definition) is 1. The Balaban J connectivity index is 2.11. The summed E-state index contributed by atoms with van der Waals surface area (Å²) in [6.07, 6.45) is 3.90. The maximum absolute atomic E-state index is 10.4. The van der Waals surface area contributed by atoms with Crippen LogP contribution >= 0.6 is 0 Å². The van der Waals surface area contributed by atoms with Crippen molar-refractivity contribution in [2.45, 2.75) is 59.8 Å². The first-order valence-electron chi connectivity index (χ1n) is 7.58. The third kappa shape index (κ3) is 1.60. The van der Waals surface area contributed by atoms with E-state index >= 15 is 0 Å². The molecule has 1 heteroatoms. The molecular formula is C18H26O. The topological polar surface area (TPSA) is 20.2 Å². The van der Waals surface area contributed by atoms with Gasteiger partial charge in [0, 0.05) is 5.56 Å². The van der Waals surface area contributed by atoms with Crippen LogP contribution in [0.4, 0.5) is 0 Å². The molecule has 104 valence electrons. The zero-order chi connectivity index (χ0) is 14.0. The molecule has 2 bridgehead atoms. The van der Waals surface area contributed by atoms with Crippen molar-refractivity contribution in [3.63, 3.8) is 0 Å². The molecule has 0 heterocycles. The number of rotatable bonds is 1. The first-order valence-corrected chi connectivity index (χ1v) is 7.58. The quantitative estimate of drug-likeness (QED) is 0.756. The van der Waals surface area contributed by atoms with Crippen molar-refractivity contribution in [2.24, 2.45) is 16.7 Å². The fourth-order valence-corrected chi connectivity index (χ4v) is 5.08. The SMILES string of the molecule is Cc1cc(C)c([C@@H]2C[C@@]3(C)CC[C@]2(C)C3C)c(O)c1. The highest BCUT2D eigenvalue weighted by Crippen LogP contribution is 2.71. The highest BCUT2D eigenvalue weighted by atomic mass is 16.3. The van der Waals surface area contributed by atoms with E-state index in [1.54, 1.807) is 0 Å². The van der Waals surface area contributed by atoms with Gasteiger partial charge in [-0.2, -0.15) is 0 Å². The largest absolute Gasteiger partial charge is 0.508 e. The van der Waals surface area contributed by atoms with Crippen LogP contribution in [-0.2, 0) is 0 Å². The Morgan fingerprint density at radius 2 is 1.84 bits per heavy atom. The summed E-state index contributed by atoms with van der Waals surface area (Å²) in [6.45, 7) is 11.5. The van der Waals surface area contributed by atoms with Crippen LogP contribution in [-0.4, -0.2) is 5.11 Å². The van der Waals surface area contributed by atoms with Gasteiger partial charge in [0.1, 0.15) is 5.75 Å². The van der Waals surface area contributed by atoms with Gasteiger partial charge in [-0.05, 0) is 73.0 Å². The normalized spacial score (nSPS) is 40.9. The monoisotopic (exact) mass is 258 g/mol. The second kappa shape index (κ2) is 3.77. The van der Waals surface area contributed by atoms with Crippen LogP contribution in [0, 0.1) is 30.6 Å². The van der Waals surface area contributed by atoms with Crippen LogP contribution in [0.2, 0.25) is 0 Å². The molecule has 0 aromatic heterocycles. The molecule has 0 amide bonds. The van der Waals surface area contributed by atoms with E-state index in [-0.39, 0.29) is 0 Å². The Hall–Kier alpha value is -0.980. The molecular weight excluding hydrogens is 232 g/mol. The number of aromatic hydroxyl groups is 1. The molecule has 0 aliphatic heterocycles. The predicted molar refractivity (Wildman–Crippen MR) is 79.6 cm³/mol. The van der Waals surface area contributed by atoms with Crippen molar-refractivity contribution < 1.29 is 5.11 Å². The third-order valence-corrected chi connectivity index (χ3v) is 6.59. The van der Waals surface area contributed by atoms with Crippen molar-refractivity contribution >= 4 is 0 Å². The first kappa shape index (κ1) is 13.0. The van der Waals surface area contributed by atoms with Crippen LogP contribution in [0.1, 0.15) is 62.6 Å². The average Bonchev–Trinajstić information content (AvgIpc) is 2.63. The molecule has 2 fully saturated rings. The zero-order valence-corrected chi connectivity index (χ0v) is 12.9. The van der Waals surface area contributed by atoms with E-state index < -0.39 is 0 Å². The molecule has 1 aromatic carbocycles. The van der Waals surface area contributed by atoms with Crippen LogP contribution in [0.3, 0.4) is 0 Å². The molecule has 2 aliphatic carbocycles. The van der Waals surface area contributed by atoms with E-state index in [1.807, 2.05) is 6.07 Å². The lowest BCUT2D eigenvalue weighted by Crippen LogP contribution is -2.24. The second-order valence-corrected chi connectivity index (χ2v) is 7.65. The molecule has 2 saturated carbocycles. The van der Waals surface area contributed by atoms with E-state index in [0.717, 1.165) is 11.5 Å². The number of fused-ring (bicyclic) bond motifs is 2. The number of phenolic OH excluding ortho intramolecular Hbond substituents is 1. The molecule has 2 aliphatic rings. The van der Waals surface area contributed by atoms with Crippen molar-refractivity contribution in [2.75, 3.05) is 0 Å². The minimum atomic E-state index is 0.367. The lowest BCUT2D eigenvalue weighted by Gasteiger charge is -2.35. The average molecular weight is 258 g/mol. The molecule has 4 atom stereocenters. The third-order valence-electron chi connectivity index (χ3n) is 6.59. The fourth-order valence-electron chi connectivity index (χ4n) is 5.08. The zero-order valence-electron chi connectivity index (χ0n) is 12.9. The number of hydrogen-bond acceptors (Lipinski definition) is 1. The summed E-state index contributed by atoms with van der Waals surface area (Å²) in [5.74, 6) is 1.80. The van der Waals surface area contributed by atoms with Gasteiger partial charge < -0.3 is 5.11 Å². The Morgan fingerprint density at radius 1 is 1.16 bits per heavy atom. The summed E-state index contributed by atoms with van der Waals surface area (Å²) < 4.78 is 0. The van der Waals surface area contributed by atoms with E-state index in [0.29, 0.717) is 22.5 Å². The predicted octanol–water partition coefficient (Wildman–Crippen LogP) is 4.94. The summed E-state index contributed by atoms with van der Waals surface area (Å²) in [6, 6.07) is 4.15. The van der Waals surface area contributed by atoms with E-state index in [1.165, 1.54) is 30.4 Å². The van der Waals surface area contributed by atoms with Gasteiger partial charge >= 0.3 is 0 Å². The Bertz CT molecular complexity index is 509. The maximum Gasteiger partial charge on any atom is 0.119 e. The summed E-state index contributed by atoms with van der Waals surface area (Å²) in [5.41, 5.74) is 4.50. The lowest BCUT2D eigenvalue weighted by molar-refractivity contribution is 0.223. The van der Waals surface area contributed by atoms with Crippen molar-refractivity contribution in [3.8, 4) is 5.75 Å². The van der Waals surface area contributed by atoms with Gasteiger partial charge in [-0.25, -0.2) is 0 Å². The van der Waals surface area contributed by atoms with Crippen LogP contribution < -0.4 is 0 Å². The van der Waals surface area contributed by atoms with Gasteiger partial charge in [0.2, 0.25) is 0 Å². The molecule has 1 N–H and O–H groups in total. The van der Waals surface area contributed by atoms with Crippen LogP contribution in [0.15, 0.2) is 12.1 Å². The van der Waals surface area contributed by atoms with Crippen molar-refractivity contribution in [1.29, 1.82) is 0 Å². The molecule has 19 heavy (non-hydrogen) atoms. The molecule has 0 saturated heterocycles. The molecule has 1 aromatic rings. The molecule has 0 radical (unpaired) electrons. The van der Waals surface area contributed by atoms with Gasteiger partial charge in [-0.3, -0.25) is 0 Å².